The van der Waals surface area contributed by atoms with Gasteiger partial charge >= 0.3 is 0 Å². The van der Waals surface area contributed by atoms with Crippen LogP contribution in [0.2, 0.25) is 0 Å². The van der Waals surface area contributed by atoms with E-state index in [0.717, 1.165) is 27.9 Å². The Morgan fingerprint density at radius 3 is 2.50 bits per heavy atom. The first-order chi connectivity index (χ1) is 12.1. The molecule has 1 amide bonds. The number of nitrogens with one attached hydrogen (secondary N) is 1. The molecule has 0 atom stereocenters. The standard InChI is InChI=1S/C19H20N4OS.ClH/c1-14(24)21-17-10-8-16(9-11-17)18-13-25-19(23(2)22-18)20-12-15-6-4-3-5-7-15;/h3-11H,12-13H2,1-2H3,(H,21,24);1H. The molecule has 7 heteroatoms. The van der Waals surface area contributed by atoms with Gasteiger partial charge in [0.15, 0.2) is 5.17 Å². The number of amides is 1. The molecule has 0 radical (unpaired) electrons. The minimum Gasteiger partial charge on any atom is -0.326 e. The molecule has 2 aromatic carbocycles. The highest BCUT2D eigenvalue weighted by atomic mass is 35.5. The average Bonchev–Trinajstić information content (AvgIpc) is 2.62. The van der Waals surface area contributed by atoms with Crippen LogP contribution in [0.5, 0.6) is 0 Å². The number of hydrazone groups is 1. The number of amidine groups is 1. The topological polar surface area (TPSA) is 57.1 Å². The number of aliphatic imine (C=N–C) groups is 1. The van der Waals surface area contributed by atoms with Crippen LogP contribution in [0.25, 0.3) is 0 Å². The molecule has 0 spiro atoms. The van der Waals surface area contributed by atoms with Gasteiger partial charge in [-0.2, -0.15) is 5.10 Å². The summed E-state index contributed by atoms with van der Waals surface area (Å²) in [7, 11) is 1.92. The molecule has 0 aliphatic carbocycles. The molecule has 0 saturated carbocycles. The Bertz CT molecular complexity index is 806. The minimum atomic E-state index is -0.0719. The first-order valence-corrected chi connectivity index (χ1v) is 9.01. The quantitative estimate of drug-likeness (QED) is 0.861. The van der Waals surface area contributed by atoms with Gasteiger partial charge in [0.25, 0.3) is 0 Å². The first-order valence-electron chi connectivity index (χ1n) is 8.02. The van der Waals surface area contributed by atoms with Gasteiger partial charge in [0.1, 0.15) is 0 Å². The Hall–Kier alpha value is -2.31. The maximum Gasteiger partial charge on any atom is 0.221 e. The maximum absolute atomic E-state index is 11.1. The van der Waals surface area contributed by atoms with Gasteiger partial charge in [0, 0.05) is 25.4 Å². The van der Waals surface area contributed by atoms with Crippen LogP contribution >= 0.6 is 24.2 Å². The molecule has 0 fully saturated rings. The lowest BCUT2D eigenvalue weighted by molar-refractivity contribution is -0.114. The van der Waals surface area contributed by atoms with Crippen molar-refractivity contribution in [2.24, 2.45) is 10.1 Å². The third kappa shape index (κ3) is 5.34. The zero-order chi connectivity index (χ0) is 17.6. The van der Waals surface area contributed by atoms with E-state index in [4.69, 9.17) is 0 Å². The lowest BCUT2D eigenvalue weighted by atomic mass is 10.1. The van der Waals surface area contributed by atoms with Crippen LogP contribution in [-0.2, 0) is 11.3 Å². The van der Waals surface area contributed by atoms with Crippen LogP contribution in [0.15, 0.2) is 64.7 Å². The van der Waals surface area contributed by atoms with Crippen molar-refractivity contribution in [3.8, 4) is 0 Å². The van der Waals surface area contributed by atoms with Crippen molar-refractivity contribution in [1.82, 2.24) is 5.01 Å². The van der Waals surface area contributed by atoms with Crippen molar-refractivity contribution in [3.05, 3.63) is 65.7 Å². The third-order valence-electron chi connectivity index (χ3n) is 3.66. The Morgan fingerprint density at radius 1 is 1.19 bits per heavy atom. The highest BCUT2D eigenvalue weighted by molar-refractivity contribution is 8.14. The monoisotopic (exact) mass is 388 g/mol. The zero-order valence-electron chi connectivity index (χ0n) is 14.7. The normalized spacial score (nSPS) is 15.2. The molecule has 2 aromatic rings. The summed E-state index contributed by atoms with van der Waals surface area (Å²) < 4.78 is 0. The predicted octanol–water partition coefficient (Wildman–Crippen LogP) is 4.01. The van der Waals surface area contributed by atoms with E-state index in [1.54, 1.807) is 11.8 Å². The lowest BCUT2D eigenvalue weighted by Crippen LogP contribution is -2.27. The van der Waals surface area contributed by atoms with Gasteiger partial charge in [0.05, 0.1) is 12.3 Å². The summed E-state index contributed by atoms with van der Waals surface area (Å²) in [5.74, 6) is 0.703. The van der Waals surface area contributed by atoms with Gasteiger partial charge in [-0.1, -0.05) is 54.2 Å². The van der Waals surface area contributed by atoms with E-state index in [-0.39, 0.29) is 18.3 Å². The van der Waals surface area contributed by atoms with Crippen LogP contribution in [0, 0.1) is 0 Å². The number of rotatable bonds is 4. The predicted molar refractivity (Wildman–Crippen MR) is 112 cm³/mol. The molecule has 5 nitrogen and oxygen atoms in total. The van der Waals surface area contributed by atoms with E-state index in [1.165, 1.54) is 12.5 Å². The first kappa shape index (κ1) is 20.0. The van der Waals surface area contributed by atoms with Gasteiger partial charge in [-0.3, -0.25) is 9.79 Å². The summed E-state index contributed by atoms with van der Waals surface area (Å²) in [6.45, 7) is 2.16. The largest absolute Gasteiger partial charge is 0.326 e. The van der Waals surface area contributed by atoms with Crippen LogP contribution < -0.4 is 5.32 Å². The number of thioether (sulfide) groups is 1. The number of nitrogens with zero attached hydrogens (tertiary/aromatic N) is 3. The number of halogens is 1. The van der Waals surface area contributed by atoms with Crippen LogP contribution in [0.3, 0.4) is 0 Å². The number of carbonyl (C=O) groups excluding carboxylic acids is 1. The summed E-state index contributed by atoms with van der Waals surface area (Å²) in [5.41, 5.74) is 4.03. The van der Waals surface area contributed by atoms with Crippen molar-refractivity contribution < 1.29 is 4.79 Å². The number of hydrogen-bond donors (Lipinski definition) is 1. The molecule has 136 valence electrons. The Labute approximate surface area is 164 Å². The average molecular weight is 389 g/mol. The van der Waals surface area contributed by atoms with Crippen LogP contribution in [-0.4, -0.2) is 34.6 Å². The molecule has 0 unspecified atom stereocenters. The molecule has 26 heavy (non-hydrogen) atoms. The molecular weight excluding hydrogens is 368 g/mol. The van der Waals surface area contributed by atoms with Gasteiger partial charge in [-0.15, -0.1) is 12.4 Å². The van der Waals surface area contributed by atoms with Gasteiger partial charge < -0.3 is 5.32 Å². The van der Waals surface area contributed by atoms with Crippen molar-refractivity contribution >= 4 is 46.6 Å². The molecule has 1 aliphatic rings. The van der Waals surface area contributed by atoms with Crippen LogP contribution in [0.1, 0.15) is 18.1 Å². The number of carbonyl (C=O) groups is 1. The van der Waals surface area contributed by atoms with E-state index in [0.29, 0.717) is 6.54 Å². The number of hydrogen-bond acceptors (Lipinski definition) is 4. The SMILES string of the molecule is CC(=O)Nc1ccc(C2=NN(C)C(=NCc3ccccc3)SC2)cc1.Cl. The Kier molecular flexibility index (Phi) is 7.24. The molecule has 1 aliphatic heterocycles. The van der Waals surface area contributed by atoms with Crippen molar-refractivity contribution in [2.45, 2.75) is 13.5 Å². The lowest BCUT2D eigenvalue weighted by Gasteiger charge is -2.22. The van der Waals surface area contributed by atoms with Crippen molar-refractivity contribution in [2.75, 3.05) is 18.1 Å². The van der Waals surface area contributed by atoms with E-state index < -0.39 is 0 Å². The summed E-state index contributed by atoms with van der Waals surface area (Å²) in [6, 6.07) is 17.9. The minimum absolute atomic E-state index is 0. The third-order valence-corrected chi connectivity index (χ3v) is 4.73. The molecule has 0 saturated heterocycles. The number of anilines is 1. The zero-order valence-corrected chi connectivity index (χ0v) is 16.3. The van der Waals surface area contributed by atoms with E-state index >= 15 is 0 Å². The second-order valence-corrected chi connectivity index (χ2v) is 6.64. The fourth-order valence-electron chi connectivity index (χ4n) is 2.46. The highest BCUT2D eigenvalue weighted by Gasteiger charge is 2.17. The molecule has 0 bridgehead atoms. The summed E-state index contributed by atoms with van der Waals surface area (Å²) in [5, 5.41) is 10.2. The van der Waals surface area contributed by atoms with Crippen molar-refractivity contribution in [3.63, 3.8) is 0 Å². The van der Waals surface area contributed by atoms with Crippen molar-refractivity contribution in [1.29, 1.82) is 0 Å². The Balaban J connectivity index is 0.00000243. The highest BCUT2D eigenvalue weighted by Crippen LogP contribution is 2.20. The fourth-order valence-corrected chi connectivity index (χ4v) is 3.33. The van der Waals surface area contributed by atoms with Gasteiger partial charge in [-0.25, -0.2) is 5.01 Å². The molecule has 1 N–H and O–H groups in total. The molecule has 3 rings (SSSR count). The molecular formula is C19H21ClN4OS. The van der Waals surface area contributed by atoms with Crippen LogP contribution in [0.4, 0.5) is 5.69 Å². The van der Waals surface area contributed by atoms with E-state index in [1.807, 2.05) is 54.5 Å². The van der Waals surface area contributed by atoms with Gasteiger partial charge in [-0.05, 0) is 23.3 Å². The Morgan fingerprint density at radius 2 is 1.88 bits per heavy atom. The van der Waals surface area contributed by atoms with Gasteiger partial charge in [0.2, 0.25) is 5.91 Å². The molecule has 1 heterocycles. The second-order valence-electron chi connectivity index (χ2n) is 5.70. The summed E-state index contributed by atoms with van der Waals surface area (Å²) in [4.78, 5) is 15.7. The van der Waals surface area contributed by atoms with E-state index in [9.17, 15) is 4.79 Å². The maximum atomic E-state index is 11.1. The molecule has 0 aromatic heterocycles. The summed E-state index contributed by atoms with van der Waals surface area (Å²) in [6.07, 6.45) is 0. The van der Waals surface area contributed by atoms with E-state index in [2.05, 4.69) is 27.5 Å². The summed E-state index contributed by atoms with van der Waals surface area (Å²) >= 11 is 1.68. The number of benzene rings is 2. The smallest absolute Gasteiger partial charge is 0.221 e. The fraction of sp³-hybridized carbons (Fsp3) is 0.211. The second kappa shape index (κ2) is 9.40.